The molecule has 13 nitrogen and oxygen atoms in total. The molecule has 2 saturated heterocycles. The maximum absolute atomic E-state index is 12.9. The van der Waals surface area contributed by atoms with Gasteiger partial charge in [0.15, 0.2) is 0 Å². The Morgan fingerprint density at radius 1 is 1.19 bits per heavy atom. The summed E-state index contributed by atoms with van der Waals surface area (Å²) in [5.41, 5.74) is 2.91. The van der Waals surface area contributed by atoms with Crippen molar-refractivity contribution in [2.24, 2.45) is 4.40 Å². The second-order valence-electron chi connectivity index (χ2n) is 10.6. The molecule has 226 valence electrons. The van der Waals surface area contributed by atoms with Gasteiger partial charge in [-0.15, -0.1) is 4.40 Å². The number of piperazine rings is 1. The molecule has 0 radical (unpaired) electrons. The molecule has 4 heterocycles. The zero-order valence-electron chi connectivity index (χ0n) is 24.3. The van der Waals surface area contributed by atoms with Crippen LogP contribution in [0.25, 0.3) is 11.0 Å². The van der Waals surface area contributed by atoms with Crippen molar-refractivity contribution >= 4 is 44.4 Å². The number of carbonyl (C=O) groups is 1. The van der Waals surface area contributed by atoms with Crippen molar-refractivity contribution in [3.63, 3.8) is 0 Å². The van der Waals surface area contributed by atoms with Crippen LogP contribution in [0.15, 0.2) is 41.2 Å². The minimum absolute atomic E-state index is 0.0898. The van der Waals surface area contributed by atoms with Crippen molar-refractivity contribution in [3.05, 3.63) is 47.9 Å². The number of aromatic amines is 1. The van der Waals surface area contributed by atoms with Crippen LogP contribution in [-0.4, -0.2) is 116 Å². The molecule has 14 heteroatoms. The van der Waals surface area contributed by atoms with Gasteiger partial charge in [-0.25, -0.2) is 18.4 Å². The molecule has 2 aromatic heterocycles. The number of carbonyl (C=O) groups excluding carboxylic acids is 1. The predicted molar refractivity (Wildman–Crippen MR) is 164 cm³/mol. The first-order chi connectivity index (χ1) is 20.2. The van der Waals surface area contributed by atoms with Gasteiger partial charge in [-0.2, -0.15) is 0 Å². The van der Waals surface area contributed by atoms with E-state index in [0.29, 0.717) is 50.6 Å². The molecule has 2 fully saturated rings. The number of H-pyrrole nitrogens is 1. The highest BCUT2D eigenvalue weighted by atomic mass is 32.2. The average molecular weight is 598 g/mol. The number of hydrogen-bond donors (Lipinski definition) is 3. The van der Waals surface area contributed by atoms with Gasteiger partial charge < -0.3 is 30.2 Å². The quantitative estimate of drug-likeness (QED) is 0.259. The number of anilines is 2. The van der Waals surface area contributed by atoms with E-state index < -0.39 is 10.0 Å². The number of aryl methyl sites for hydroxylation is 1. The van der Waals surface area contributed by atoms with E-state index in [0.717, 1.165) is 42.0 Å². The monoisotopic (exact) mass is 597 g/mol. The minimum atomic E-state index is -3.70. The fourth-order valence-electron chi connectivity index (χ4n) is 5.27. The lowest BCUT2D eigenvalue weighted by atomic mass is 10.1. The molecule has 0 saturated carbocycles. The number of amides is 1. The predicted octanol–water partition coefficient (Wildman–Crippen LogP) is 1.66. The van der Waals surface area contributed by atoms with E-state index in [1.807, 2.05) is 24.9 Å². The summed E-state index contributed by atoms with van der Waals surface area (Å²) in [6, 6.07) is 6.93. The number of aromatic nitrogens is 3. The number of benzene rings is 1. The van der Waals surface area contributed by atoms with Crippen LogP contribution in [-0.2, 0) is 14.8 Å². The molecule has 5 rings (SSSR count). The summed E-state index contributed by atoms with van der Waals surface area (Å²) < 4.78 is 34.8. The molecule has 0 aliphatic carbocycles. The zero-order chi connectivity index (χ0) is 29.7. The van der Waals surface area contributed by atoms with Gasteiger partial charge in [-0.1, -0.05) is 6.07 Å². The van der Waals surface area contributed by atoms with Crippen molar-refractivity contribution in [3.8, 4) is 0 Å². The van der Waals surface area contributed by atoms with Crippen LogP contribution in [0.4, 0.5) is 11.5 Å². The van der Waals surface area contributed by atoms with Crippen LogP contribution in [0.5, 0.6) is 0 Å². The average Bonchev–Trinajstić information content (AvgIpc) is 3.38. The summed E-state index contributed by atoms with van der Waals surface area (Å²) in [5, 5.41) is 7.17. The Hall–Kier alpha value is -3.75. The lowest BCUT2D eigenvalue weighted by Gasteiger charge is -2.42. The van der Waals surface area contributed by atoms with E-state index in [-0.39, 0.29) is 23.7 Å². The van der Waals surface area contributed by atoms with Gasteiger partial charge in [-0.05, 0) is 44.5 Å². The Labute approximate surface area is 246 Å². The van der Waals surface area contributed by atoms with E-state index in [1.165, 1.54) is 0 Å². The molecule has 0 bridgehead atoms. The smallest absolute Gasteiger partial charge is 0.256 e. The van der Waals surface area contributed by atoms with E-state index in [2.05, 4.69) is 39.8 Å². The Kier molecular flexibility index (Phi) is 9.24. The van der Waals surface area contributed by atoms with E-state index in [1.54, 1.807) is 37.5 Å². The number of morpholine rings is 1. The summed E-state index contributed by atoms with van der Waals surface area (Å²) in [6.07, 6.45) is 3.48. The van der Waals surface area contributed by atoms with Crippen molar-refractivity contribution in [1.29, 1.82) is 0 Å². The maximum Gasteiger partial charge on any atom is 0.256 e. The van der Waals surface area contributed by atoms with Gasteiger partial charge in [0, 0.05) is 69.3 Å². The lowest BCUT2D eigenvalue weighted by molar-refractivity contribution is 0.0383. The number of hydrogen-bond acceptors (Lipinski definition) is 8. The van der Waals surface area contributed by atoms with Gasteiger partial charge >= 0.3 is 0 Å². The summed E-state index contributed by atoms with van der Waals surface area (Å²) in [6.45, 7) is 11.8. The van der Waals surface area contributed by atoms with Crippen molar-refractivity contribution in [2.45, 2.75) is 26.8 Å². The number of rotatable bonds is 8. The Morgan fingerprint density at radius 3 is 2.76 bits per heavy atom. The third kappa shape index (κ3) is 6.99. The van der Waals surface area contributed by atoms with Crippen LogP contribution < -0.4 is 15.5 Å². The number of fused-ring (bicyclic) bond motifs is 1. The summed E-state index contributed by atoms with van der Waals surface area (Å²) in [5.74, 6) is 0.776. The molecular formula is C28H39N9O4S. The lowest BCUT2D eigenvalue weighted by Crippen LogP contribution is -2.56. The Balaban J connectivity index is 1.29. The third-order valence-corrected chi connectivity index (χ3v) is 8.82. The topological polar surface area (TPSA) is 148 Å². The van der Waals surface area contributed by atoms with Crippen LogP contribution >= 0.6 is 0 Å². The molecule has 1 unspecified atom stereocenters. The molecule has 1 amide bonds. The second kappa shape index (κ2) is 13.0. The standard InChI is InChI=1S/C28H39N9O4S/c1-4-42(39,40)34-28(33-23-7-5-6-22(16-23)27(38)29-8-9-35-12-14-41-15-13-35)37-11-10-36(18-21(37)3)26-24-20(2)17-30-25(24)31-19-32-26/h5-7,16-17,19,21H,4,8-15,18H2,1-3H3,(H,29,38)(H,33,34)(H,30,31,32). The molecule has 1 atom stereocenters. The third-order valence-electron chi connectivity index (χ3n) is 7.63. The number of guanidine groups is 1. The highest BCUT2D eigenvalue weighted by Crippen LogP contribution is 2.28. The maximum atomic E-state index is 12.9. The van der Waals surface area contributed by atoms with E-state index >= 15 is 0 Å². The van der Waals surface area contributed by atoms with Gasteiger partial charge in [0.2, 0.25) is 5.96 Å². The van der Waals surface area contributed by atoms with Gasteiger partial charge in [0.05, 0.1) is 24.4 Å². The summed E-state index contributed by atoms with van der Waals surface area (Å²) in [7, 11) is -3.70. The Bertz CT molecular complexity index is 1540. The molecule has 42 heavy (non-hydrogen) atoms. The number of sulfonamides is 1. The second-order valence-corrected chi connectivity index (χ2v) is 12.5. The minimum Gasteiger partial charge on any atom is -0.379 e. The van der Waals surface area contributed by atoms with Crippen LogP contribution in [0.1, 0.15) is 29.8 Å². The first-order valence-electron chi connectivity index (χ1n) is 14.3. The molecule has 3 N–H and O–H groups in total. The zero-order valence-corrected chi connectivity index (χ0v) is 25.2. The van der Waals surface area contributed by atoms with Crippen LogP contribution in [0.3, 0.4) is 0 Å². The summed E-state index contributed by atoms with van der Waals surface area (Å²) in [4.78, 5) is 31.4. The number of ether oxygens (including phenoxy) is 1. The first kappa shape index (κ1) is 29.7. The normalized spacial score (nSPS) is 18.8. The highest BCUT2D eigenvalue weighted by molar-refractivity contribution is 7.90. The molecule has 1 aromatic carbocycles. The van der Waals surface area contributed by atoms with Gasteiger partial charge in [0.25, 0.3) is 15.9 Å². The molecule has 2 aliphatic heterocycles. The number of nitrogens with zero attached hydrogens (tertiary/aromatic N) is 6. The number of nitrogens with one attached hydrogen (secondary N) is 3. The van der Waals surface area contributed by atoms with Crippen molar-refractivity contribution < 1.29 is 17.9 Å². The SMILES string of the molecule is CCS(=O)(=O)N=C(Nc1cccc(C(=O)NCCN2CCOCC2)c1)N1CCN(c2ncnc3[nH]cc(C)c23)CC1C. The summed E-state index contributed by atoms with van der Waals surface area (Å²) >= 11 is 0. The van der Waals surface area contributed by atoms with Crippen molar-refractivity contribution in [2.75, 3.05) is 75.0 Å². The van der Waals surface area contributed by atoms with Crippen LogP contribution in [0.2, 0.25) is 0 Å². The Morgan fingerprint density at radius 2 is 2.00 bits per heavy atom. The molecule has 3 aromatic rings. The van der Waals surface area contributed by atoms with E-state index in [4.69, 9.17) is 4.74 Å². The van der Waals surface area contributed by atoms with Crippen molar-refractivity contribution in [1.82, 2.24) is 30.1 Å². The molecule has 0 spiro atoms. The molecular weight excluding hydrogens is 558 g/mol. The van der Waals surface area contributed by atoms with Crippen LogP contribution in [0, 0.1) is 6.92 Å². The largest absolute Gasteiger partial charge is 0.379 e. The highest BCUT2D eigenvalue weighted by Gasteiger charge is 2.30. The van der Waals surface area contributed by atoms with Gasteiger partial charge in [0.1, 0.15) is 17.8 Å². The molecule has 2 aliphatic rings. The fourth-order valence-corrected chi connectivity index (χ4v) is 5.81. The van der Waals surface area contributed by atoms with Gasteiger partial charge in [-0.3, -0.25) is 9.69 Å². The first-order valence-corrected chi connectivity index (χ1v) is 15.9. The fraction of sp³-hybridized carbons (Fsp3) is 0.500. The van der Waals surface area contributed by atoms with E-state index in [9.17, 15) is 13.2 Å².